The zero-order valence-electron chi connectivity index (χ0n) is 13.8. The molecule has 0 bridgehead atoms. The molecule has 5 nitrogen and oxygen atoms in total. The molecule has 5 heteroatoms. The molecule has 1 heterocycles. The third kappa shape index (κ3) is 5.66. The van der Waals surface area contributed by atoms with Crippen LogP contribution in [0.5, 0.6) is 11.5 Å². The van der Waals surface area contributed by atoms with E-state index in [1.165, 1.54) is 38.5 Å². The number of ether oxygens (including phenoxy) is 2. The number of carboxylic acid groups (broad SMARTS) is 1. The van der Waals surface area contributed by atoms with Gasteiger partial charge in [0.25, 0.3) is 0 Å². The van der Waals surface area contributed by atoms with E-state index in [9.17, 15) is 4.79 Å². The summed E-state index contributed by atoms with van der Waals surface area (Å²) in [7, 11) is 1.60. The highest BCUT2D eigenvalue weighted by molar-refractivity contribution is 5.64. The maximum absolute atomic E-state index is 10.4. The lowest BCUT2D eigenvalue weighted by Crippen LogP contribution is -2.36. The molecule has 1 aliphatic heterocycles. The highest BCUT2D eigenvalue weighted by Crippen LogP contribution is 2.36. The zero-order chi connectivity index (χ0) is 16.5. The molecule has 1 fully saturated rings. The van der Waals surface area contributed by atoms with E-state index in [1.54, 1.807) is 7.11 Å². The van der Waals surface area contributed by atoms with E-state index in [-0.39, 0.29) is 6.10 Å². The fourth-order valence-corrected chi connectivity index (χ4v) is 3.00. The zero-order valence-corrected chi connectivity index (χ0v) is 13.8. The summed E-state index contributed by atoms with van der Waals surface area (Å²) in [6, 6.07) is 5.77. The lowest BCUT2D eigenvalue weighted by Gasteiger charge is -2.27. The molecule has 1 aromatic rings. The average molecular weight is 321 g/mol. The maximum Gasteiger partial charge on any atom is 0.404 e. The van der Waals surface area contributed by atoms with Gasteiger partial charge >= 0.3 is 6.09 Å². The molecule has 0 radical (unpaired) electrons. The van der Waals surface area contributed by atoms with Crippen LogP contribution >= 0.6 is 0 Å². The highest BCUT2D eigenvalue weighted by Gasteiger charge is 2.22. The van der Waals surface area contributed by atoms with Crippen LogP contribution in [0.1, 0.15) is 50.5 Å². The van der Waals surface area contributed by atoms with Gasteiger partial charge in [-0.3, -0.25) is 0 Å². The topological polar surface area (TPSA) is 67.8 Å². The molecule has 1 unspecified atom stereocenters. The minimum atomic E-state index is -1.03. The highest BCUT2D eigenvalue weighted by atomic mass is 16.5. The molecule has 1 aliphatic carbocycles. The van der Waals surface area contributed by atoms with Crippen molar-refractivity contribution in [2.45, 2.75) is 57.5 Å². The SMILES string of the molecule is C1CCCCC1.COc1cccc2c1OC(CNC(=O)O)CC2. The second-order valence-electron chi connectivity index (χ2n) is 6.03. The van der Waals surface area contributed by atoms with Crippen molar-refractivity contribution in [2.24, 2.45) is 0 Å². The van der Waals surface area contributed by atoms with E-state index in [0.29, 0.717) is 12.3 Å². The quantitative estimate of drug-likeness (QED) is 0.883. The van der Waals surface area contributed by atoms with Crippen LogP contribution < -0.4 is 14.8 Å². The Hall–Kier alpha value is -1.91. The Bertz CT molecular complexity index is 474. The fraction of sp³-hybridized carbons (Fsp3) is 0.611. The molecular formula is C18H27NO4. The number of para-hydroxylation sites is 1. The lowest BCUT2D eigenvalue weighted by molar-refractivity contribution is 0.153. The van der Waals surface area contributed by atoms with Gasteiger partial charge in [0.05, 0.1) is 13.7 Å². The Morgan fingerprint density at radius 2 is 1.91 bits per heavy atom. The number of fused-ring (bicyclic) bond motifs is 1. The van der Waals surface area contributed by atoms with Crippen LogP contribution in [0.15, 0.2) is 18.2 Å². The second-order valence-corrected chi connectivity index (χ2v) is 6.03. The number of aryl methyl sites for hydroxylation is 1. The summed E-state index contributed by atoms with van der Waals surface area (Å²) in [6.07, 6.45) is 9.52. The van der Waals surface area contributed by atoms with E-state index < -0.39 is 6.09 Å². The number of nitrogens with one attached hydrogen (secondary N) is 1. The minimum absolute atomic E-state index is 0.130. The van der Waals surface area contributed by atoms with Gasteiger partial charge in [0.2, 0.25) is 0 Å². The summed E-state index contributed by atoms with van der Waals surface area (Å²) in [5.74, 6) is 1.43. The molecule has 2 N–H and O–H groups in total. The molecule has 23 heavy (non-hydrogen) atoms. The fourth-order valence-electron chi connectivity index (χ4n) is 3.00. The summed E-state index contributed by atoms with van der Waals surface area (Å²) >= 11 is 0. The Balaban J connectivity index is 0.000000268. The third-order valence-electron chi connectivity index (χ3n) is 4.28. The van der Waals surface area contributed by atoms with Crippen molar-refractivity contribution in [3.05, 3.63) is 23.8 Å². The standard InChI is InChI=1S/C12H15NO4.C6H12/c1-16-10-4-2-3-8-5-6-9(17-11(8)10)7-13-12(14)15;1-2-4-6-5-3-1/h2-4,9,13H,5-7H2,1H3,(H,14,15);1-6H2. The number of benzene rings is 1. The first kappa shape index (κ1) is 17.4. The molecule has 1 amide bonds. The number of amides is 1. The number of carbonyl (C=O) groups is 1. The summed E-state index contributed by atoms with van der Waals surface area (Å²) in [5.41, 5.74) is 1.11. The van der Waals surface area contributed by atoms with Gasteiger partial charge in [-0.2, -0.15) is 0 Å². The maximum atomic E-state index is 10.4. The first-order chi connectivity index (χ1) is 11.2. The lowest BCUT2D eigenvalue weighted by atomic mass is 10.0. The van der Waals surface area contributed by atoms with Crippen molar-refractivity contribution < 1.29 is 19.4 Å². The van der Waals surface area contributed by atoms with Gasteiger partial charge in [-0.1, -0.05) is 50.7 Å². The molecule has 0 aromatic heterocycles. The van der Waals surface area contributed by atoms with E-state index in [2.05, 4.69) is 5.32 Å². The molecule has 0 saturated heterocycles. The third-order valence-corrected chi connectivity index (χ3v) is 4.28. The van der Waals surface area contributed by atoms with Crippen molar-refractivity contribution >= 4 is 6.09 Å². The number of rotatable bonds is 3. The Morgan fingerprint density at radius 3 is 2.48 bits per heavy atom. The summed E-state index contributed by atoms with van der Waals surface area (Å²) in [5, 5.41) is 10.9. The van der Waals surface area contributed by atoms with E-state index in [0.717, 1.165) is 24.2 Å². The largest absolute Gasteiger partial charge is 0.493 e. The molecule has 0 spiro atoms. The van der Waals surface area contributed by atoms with Gasteiger partial charge in [-0.25, -0.2) is 4.79 Å². The summed E-state index contributed by atoms with van der Waals surface area (Å²) in [6.45, 7) is 0.298. The molecular weight excluding hydrogens is 294 g/mol. The summed E-state index contributed by atoms with van der Waals surface area (Å²) in [4.78, 5) is 10.4. The van der Waals surface area contributed by atoms with Gasteiger partial charge in [0.15, 0.2) is 11.5 Å². The normalized spacial score (nSPS) is 19.4. The molecule has 1 atom stereocenters. The van der Waals surface area contributed by atoms with Gasteiger partial charge in [0.1, 0.15) is 6.10 Å². The minimum Gasteiger partial charge on any atom is -0.493 e. The van der Waals surface area contributed by atoms with Gasteiger partial charge < -0.3 is 19.9 Å². The van der Waals surface area contributed by atoms with E-state index in [1.807, 2.05) is 18.2 Å². The molecule has 1 saturated carbocycles. The van der Waals surface area contributed by atoms with Crippen molar-refractivity contribution in [3.8, 4) is 11.5 Å². The van der Waals surface area contributed by atoms with Crippen LogP contribution in [-0.4, -0.2) is 31.0 Å². The van der Waals surface area contributed by atoms with Crippen molar-refractivity contribution in [1.29, 1.82) is 0 Å². The Kier molecular flexibility index (Phi) is 7.04. The summed E-state index contributed by atoms with van der Waals surface area (Å²) < 4.78 is 11.0. The monoisotopic (exact) mass is 321 g/mol. The molecule has 3 rings (SSSR count). The average Bonchev–Trinajstić information content (AvgIpc) is 2.61. The molecule has 2 aliphatic rings. The second kappa shape index (κ2) is 9.28. The van der Waals surface area contributed by atoms with Crippen LogP contribution in [-0.2, 0) is 6.42 Å². The van der Waals surface area contributed by atoms with E-state index in [4.69, 9.17) is 14.6 Å². The van der Waals surface area contributed by atoms with Gasteiger partial charge in [-0.15, -0.1) is 0 Å². The predicted molar refractivity (Wildman–Crippen MR) is 89.5 cm³/mol. The number of methoxy groups -OCH3 is 1. The van der Waals surface area contributed by atoms with Crippen LogP contribution in [0, 0.1) is 0 Å². The Morgan fingerprint density at radius 1 is 1.26 bits per heavy atom. The smallest absolute Gasteiger partial charge is 0.404 e. The Labute approximate surface area is 138 Å². The number of hydrogen-bond acceptors (Lipinski definition) is 3. The first-order valence-electron chi connectivity index (χ1n) is 8.50. The van der Waals surface area contributed by atoms with Crippen LogP contribution in [0.2, 0.25) is 0 Å². The van der Waals surface area contributed by atoms with Crippen molar-refractivity contribution in [2.75, 3.05) is 13.7 Å². The van der Waals surface area contributed by atoms with Crippen molar-refractivity contribution in [3.63, 3.8) is 0 Å². The van der Waals surface area contributed by atoms with Crippen molar-refractivity contribution in [1.82, 2.24) is 5.32 Å². The van der Waals surface area contributed by atoms with Crippen LogP contribution in [0.25, 0.3) is 0 Å². The molecule has 1 aromatic carbocycles. The molecule has 128 valence electrons. The number of hydrogen-bond donors (Lipinski definition) is 2. The van der Waals surface area contributed by atoms with Crippen LogP contribution in [0.3, 0.4) is 0 Å². The predicted octanol–water partition coefficient (Wildman–Crippen LogP) is 4.00. The van der Waals surface area contributed by atoms with E-state index >= 15 is 0 Å². The van der Waals surface area contributed by atoms with Gasteiger partial charge in [-0.05, 0) is 24.5 Å². The van der Waals surface area contributed by atoms with Gasteiger partial charge in [0, 0.05) is 0 Å². The first-order valence-corrected chi connectivity index (χ1v) is 8.50. The van der Waals surface area contributed by atoms with Crippen LogP contribution in [0.4, 0.5) is 4.79 Å².